The third kappa shape index (κ3) is 3.71. The van der Waals surface area contributed by atoms with Crippen molar-refractivity contribution in [2.24, 2.45) is 0 Å². The fourth-order valence-electron chi connectivity index (χ4n) is 3.47. The van der Waals surface area contributed by atoms with Crippen LogP contribution in [0.2, 0.25) is 0 Å². The van der Waals surface area contributed by atoms with Gasteiger partial charge in [0, 0.05) is 41.5 Å². The Kier molecular flexibility index (Phi) is 5.03. The van der Waals surface area contributed by atoms with Crippen LogP contribution in [-0.4, -0.2) is 28.2 Å². The van der Waals surface area contributed by atoms with Gasteiger partial charge < -0.3 is 20.4 Å². The second-order valence-corrected chi connectivity index (χ2v) is 6.79. The number of ether oxygens (including phenoxy) is 1. The normalized spacial score (nSPS) is 11.0. The Morgan fingerprint density at radius 3 is 2.66 bits per heavy atom. The zero-order chi connectivity index (χ0) is 20.4. The molecule has 0 amide bonds. The molecule has 0 spiro atoms. The summed E-state index contributed by atoms with van der Waals surface area (Å²) in [5.41, 5.74) is 9.74. The molecule has 0 saturated heterocycles. The molecule has 2 heterocycles. The lowest BCUT2D eigenvalue weighted by Crippen LogP contribution is -2.13. The van der Waals surface area contributed by atoms with Crippen molar-refractivity contribution >= 4 is 22.4 Å². The Balaban J connectivity index is 1.52. The molecule has 7 heteroatoms. The fourth-order valence-corrected chi connectivity index (χ4v) is 3.47. The average Bonchev–Trinajstić information content (AvgIpc) is 3.06. The van der Waals surface area contributed by atoms with Crippen LogP contribution in [0.3, 0.4) is 0 Å². The molecule has 0 fully saturated rings. The second-order valence-electron chi connectivity index (χ2n) is 6.79. The van der Waals surface area contributed by atoms with Crippen molar-refractivity contribution in [3.63, 3.8) is 0 Å². The minimum atomic E-state index is -0.262. The molecular weight excluding hydrogens is 369 g/mol. The highest BCUT2D eigenvalue weighted by atomic mass is 19.1. The summed E-state index contributed by atoms with van der Waals surface area (Å²) in [6, 6.07) is 14.4. The maximum absolute atomic E-state index is 14.5. The van der Waals surface area contributed by atoms with E-state index in [1.807, 2.05) is 47.9 Å². The Morgan fingerprint density at radius 2 is 1.90 bits per heavy atom. The molecule has 0 atom stereocenters. The first-order valence-corrected chi connectivity index (χ1v) is 9.31. The number of anilines is 2. The van der Waals surface area contributed by atoms with Crippen molar-refractivity contribution in [1.82, 2.24) is 14.5 Å². The van der Waals surface area contributed by atoms with E-state index in [0.29, 0.717) is 35.9 Å². The summed E-state index contributed by atoms with van der Waals surface area (Å²) in [7, 11) is 1.59. The van der Waals surface area contributed by atoms with E-state index in [1.54, 1.807) is 13.2 Å². The van der Waals surface area contributed by atoms with E-state index in [1.165, 1.54) is 12.4 Å². The SMILES string of the molecule is COc1ccc(F)c2c1cc(C)n2CCNc1cc(-c2ccc(N)cc2)ncn1. The predicted octanol–water partition coefficient (Wildman–Crippen LogP) is 4.25. The van der Waals surface area contributed by atoms with Crippen molar-refractivity contribution in [3.8, 4) is 17.0 Å². The van der Waals surface area contributed by atoms with E-state index in [0.717, 1.165) is 22.3 Å². The minimum Gasteiger partial charge on any atom is -0.496 e. The summed E-state index contributed by atoms with van der Waals surface area (Å²) in [6.07, 6.45) is 1.52. The number of halogens is 1. The molecule has 0 aliphatic heterocycles. The molecule has 0 bridgehead atoms. The fraction of sp³-hybridized carbons (Fsp3) is 0.182. The van der Waals surface area contributed by atoms with Gasteiger partial charge >= 0.3 is 0 Å². The Labute approximate surface area is 168 Å². The highest BCUT2D eigenvalue weighted by Gasteiger charge is 2.14. The molecule has 0 aliphatic rings. The largest absolute Gasteiger partial charge is 0.496 e. The molecular formula is C22H22FN5O. The molecule has 0 saturated carbocycles. The topological polar surface area (TPSA) is 78.0 Å². The lowest BCUT2D eigenvalue weighted by atomic mass is 10.1. The first-order valence-electron chi connectivity index (χ1n) is 9.31. The molecule has 4 aromatic rings. The van der Waals surface area contributed by atoms with Gasteiger partial charge in [0.25, 0.3) is 0 Å². The lowest BCUT2D eigenvalue weighted by molar-refractivity contribution is 0.419. The third-order valence-corrected chi connectivity index (χ3v) is 4.91. The number of methoxy groups -OCH3 is 1. The van der Waals surface area contributed by atoms with Crippen molar-refractivity contribution in [3.05, 3.63) is 66.4 Å². The molecule has 0 radical (unpaired) electrons. The van der Waals surface area contributed by atoms with Crippen LogP contribution in [0.15, 0.2) is 54.9 Å². The second kappa shape index (κ2) is 7.79. The molecule has 2 aromatic carbocycles. The molecule has 0 unspecified atom stereocenters. The molecule has 148 valence electrons. The van der Waals surface area contributed by atoms with Gasteiger partial charge in [0.1, 0.15) is 23.7 Å². The number of nitrogens with two attached hydrogens (primary N) is 1. The maximum Gasteiger partial charge on any atom is 0.147 e. The highest BCUT2D eigenvalue weighted by molar-refractivity contribution is 5.88. The van der Waals surface area contributed by atoms with Crippen LogP contribution < -0.4 is 15.8 Å². The van der Waals surface area contributed by atoms with Crippen LogP contribution in [0, 0.1) is 12.7 Å². The van der Waals surface area contributed by atoms with Gasteiger partial charge in [0.15, 0.2) is 0 Å². The number of hydrogen-bond acceptors (Lipinski definition) is 5. The standard InChI is InChI=1S/C22H22FN5O/c1-14-11-17-20(29-2)8-7-18(23)22(17)28(14)10-9-25-21-12-19(26-13-27-21)15-3-5-16(24)6-4-15/h3-8,11-13H,9-10,24H2,1-2H3,(H,25,26,27). The number of nitrogen functional groups attached to an aromatic ring is 1. The van der Waals surface area contributed by atoms with Crippen molar-refractivity contribution in [2.45, 2.75) is 13.5 Å². The first kappa shape index (κ1) is 18.7. The summed E-state index contributed by atoms with van der Waals surface area (Å²) in [5.74, 6) is 1.11. The number of aromatic nitrogens is 3. The number of nitrogens with zero attached hydrogens (tertiary/aromatic N) is 3. The summed E-state index contributed by atoms with van der Waals surface area (Å²) in [4.78, 5) is 8.60. The first-order chi connectivity index (χ1) is 14.1. The lowest BCUT2D eigenvalue weighted by Gasteiger charge is -2.11. The van der Waals surface area contributed by atoms with Gasteiger partial charge in [0.2, 0.25) is 0 Å². The van der Waals surface area contributed by atoms with Gasteiger partial charge in [0.05, 0.1) is 18.3 Å². The van der Waals surface area contributed by atoms with Gasteiger partial charge in [-0.2, -0.15) is 0 Å². The quantitative estimate of drug-likeness (QED) is 0.481. The Morgan fingerprint density at radius 1 is 1.10 bits per heavy atom. The van der Waals surface area contributed by atoms with Gasteiger partial charge in [-0.15, -0.1) is 0 Å². The molecule has 6 nitrogen and oxygen atoms in total. The zero-order valence-corrected chi connectivity index (χ0v) is 16.3. The van der Waals surface area contributed by atoms with E-state index < -0.39 is 0 Å². The summed E-state index contributed by atoms with van der Waals surface area (Å²) < 4.78 is 21.8. The van der Waals surface area contributed by atoms with Crippen molar-refractivity contribution < 1.29 is 9.13 Å². The average molecular weight is 391 g/mol. The van der Waals surface area contributed by atoms with Crippen LogP contribution in [0.25, 0.3) is 22.2 Å². The number of rotatable bonds is 6. The number of nitrogens with one attached hydrogen (secondary N) is 1. The van der Waals surface area contributed by atoms with Crippen LogP contribution >= 0.6 is 0 Å². The van der Waals surface area contributed by atoms with Gasteiger partial charge in [-0.1, -0.05) is 12.1 Å². The molecule has 0 aliphatic carbocycles. The van der Waals surface area contributed by atoms with E-state index >= 15 is 0 Å². The smallest absolute Gasteiger partial charge is 0.147 e. The Hall–Kier alpha value is -3.61. The Bertz CT molecular complexity index is 1150. The van der Waals surface area contributed by atoms with Crippen LogP contribution in [-0.2, 0) is 6.54 Å². The molecule has 2 aromatic heterocycles. The predicted molar refractivity (Wildman–Crippen MR) is 114 cm³/mol. The molecule has 29 heavy (non-hydrogen) atoms. The minimum absolute atomic E-state index is 0.262. The molecule has 3 N–H and O–H groups in total. The monoisotopic (exact) mass is 391 g/mol. The van der Waals surface area contributed by atoms with Crippen molar-refractivity contribution in [1.29, 1.82) is 0 Å². The summed E-state index contributed by atoms with van der Waals surface area (Å²) in [5, 5.41) is 4.07. The number of fused-ring (bicyclic) bond motifs is 1. The van der Waals surface area contributed by atoms with Crippen LogP contribution in [0.5, 0.6) is 5.75 Å². The number of hydrogen-bond donors (Lipinski definition) is 2. The molecule has 4 rings (SSSR count). The number of benzene rings is 2. The third-order valence-electron chi connectivity index (χ3n) is 4.91. The van der Waals surface area contributed by atoms with Gasteiger partial charge in [-0.25, -0.2) is 14.4 Å². The zero-order valence-electron chi connectivity index (χ0n) is 16.3. The van der Waals surface area contributed by atoms with E-state index in [2.05, 4.69) is 15.3 Å². The van der Waals surface area contributed by atoms with Crippen molar-refractivity contribution in [2.75, 3.05) is 24.7 Å². The van der Waals surface area contributed by atoms with Gasteiger partial charge in [-0.05, 0) is 37.3 Å². The highest BCUT2D eigenvalue weighted by Crippen LogP contribution is 2.30. The maximum atomic E-state index is 14.5. The van der Waals surface area contributed by atoms with E-state index in [-0.39, 0.29) is 5.82 Å². The van der Waals surface area contributed by atoms with Gasteiger partial charge in [-0.3, -0.25) is 0 Å². The van der Waals surface area contributed by atoms with Crippen LogP contribution in [0.1, 0.15) is 5.69 Å². The summed E-state index contributed by atoms with van der Waals surface area (Å²) >= 11 is 0. The summed E-state index contributed by atoms with van der Waals surface area (Å²) in [6.45, 7) is 3.13. The number of aryl methyl sites for hydroxylation is 1. The van der Waals surface area contributed by atoms with E-state index in [9.17, 15) is 4.39 Å². The van der Waals surface area contributed by atoms with E-state index in [4.69, 9.17) is 10.5 Å². The van der Waals surface area contributed by atoms with Crippen LogP contribution in [0.4, 0.5) is 15.9 Å².